The van der Waals surface area contributed by atoms with Gasteiger partial charge in [-0.1, -0.05) is 11.8 Å². The largest absolute Gasteiger partial charge is 0.467 e. The highest BCUT2D eigenvalue weighted by Crippen LogP contribution is 2.22. The predicted molar refractivity (Wildman–Crippen MR) is 114 cm³/mol. The first-order chi connectivity index (χ1) is 14.7. The van der Waals surface area contributed by atoms with Gasteiger partial charge in [-0.25, -0.2) is 14.4 Å². The molecule has 3 aromatic rings. The molecule has 156 valence electrons. The molecule has 4 rings (SSSR count). The molecule has 0 atom stereocenters. The van der Waals surface area contributed by atoms with Crippen LogP contribution in [0.2, 0.25) is 0 Å². The SMILES string of the molecule is O=C(CSc1cc(N2CCN(c3ccc(F)cc3)CC2)ncn1)NCc1ccco1. The maximum atomic E-state index is 13.1. The lowest BCUT2D eigenvalue weighted by molar-refractivity contribution is -0.118. The van der Waals surface area contributed by atoms with Gasteiger partial charge in [0.2, 0.25) is 5.91 Å². The second-order valence-electron chi connectivity index (χ2n) is 6.81. The smallest absolute Gasteiger partial charge is 0.230 e. The molecule has 9 heteroatoms. The first-order valence-corrected chi connectivity index (χ1v) is 10.7. The molecule has 2 aromatic heterocycles. The van der Waals surface area contributed by atoms with E-state index in [0.29, 0.717) is 6.54 Å². The summed E-state index contributed by atoms with van der Waals surface area (Å²) in [5.74, 6) is 1.54. The van der Waals surface area contributed by atoms with E-state index in [4.69, 9.17) is 4.42 Å². The minimum Gasteiger partial charge on any atom is -0.467 e. The number of amides is 1. The number of rotatable bonds is 7. The van der Waals surface area contributed by atoms with Gasteiger partial charge in [0, 0.05) is 37.9 Å². The number of carbonyl (C=O) groups excluding carboxylic acids is 1. The predicted octanol–water partition coefficient (Wildman–Crippen LogP) is 2.94. The number of benzene rings is 1. The van der Waals surface area contributed by atoms with Crippen molar-refractivity contribution in [3.8, 4) is 0 Å². The Kier molecular flexibility index (Phi) is 6.48. The number of halogens is 1. The Morgan fingerprint density at radius 3 is 2.60 bits per heavy atom. The van der Waals surface area contributed by atoms with Gasteiger partial charge in [0.1, 0.15) is 28.7 Å². The Morgan fingerprint density at radius 2 is 1.87 bits per heavy atom. The van der Waals surface area contributed by atoms with E-state index in [0.717, 1.165) is 48.5 Å². The zero-order valence-corrected chi connectivity index (χ0v) is 17.1. The van der Waals surface area contributed by atoms with Crippen molar-refractivity contribution >= 4 is 29.2 Å². The third-order valence-electron chi connectivity index (χ3n) is 4.81. The molecule has 0 spiro atoms. The molecule has 0 saturated carbocycles. The Hall–Kier alpha value is -3.07. The van der Waals surface area contributed by atoms with Crippen LogP contribution in [0, 0.1) is 5.82 Å². The van der Waals surface area contributed by atoms with Crippen LogP contribution in [0.15, 0.2) is 64.5 Å². The molecule has 1 aromatic carbocycles. The summed E-state index contributed by atoms with van der Waals surface area (Å²) in [4.78, 5) is 25.1. The fourth-order valence-electron chi connectivity index (χ4n) is 3.22. The highest BCUT2D eigenvalue weighted by atomic mass is 32.2. The van der Waals surface area contributed by atoms with Crippen LogP contribution >= 0.6 is 11.8 Å². The minimum atomic E-state index is -0.224. The van der Waals surface area contributed by atoms with E-state index in [9.17, 15) is 9.18 Å². The number of thioether (sulfide) groups is 1. The molecule has 0 unspecified atom stereocenters. The number of nitrogens with zero attached hydrogens (tertiary/aromatic N) is 4. The molecule has 30 heavy (non-hydrogen) atoms. The first kappa shape index (κ1) is 20.2. The van der Waals surface area contributed by atoms with Gasteiger partial charge >= 0.3 is 0 Å². The topological polar surface area (TPSA) is 74.5 Å². The Labute approximate surface area is 178 Å². The van der Waals surface area contributed by atoms with Crippen molar-refractivity contribution in [2.75, 3.05) is 41.7 Å². The standard InChI is InChI=1S/C21H22FN5O2S/c22-16-3-5-17(6-4-16)26-7-9-27(10-8-26)19-12-21(25-15-24-19)30-14-20(28)23-13-18-2-1-11-29-18/h1-6,11-12,15H,7-10,13-14H2,(H,23,28). The van der Waals surface area contributed by atoms with Gasteiger partial charge < -0.3 is 19.5 Å². The number of carbonyl (C=O) groups is 1. The molecular weight excluding hydrogens is 405 g/mol. The minimum absolute atomic E-state index is 0.0792. The Morgan fingerprint density at radius 1 is 1.10 bits per heavy atom. The van der Waals surface area contributed by atoms with Crippen molar-refractivity contribution in [2.45, 2.75) is 11.6 Å². The molecule has 1 fully saturated rings. The van der Waals surface area contributed by atoms with Gasteiger partial charge in [0.15, 0.2) is 0 Å². The average Bonchev–Trinajstić information content (AvgIpc) is 3.31. The summed E-state index contributed by atoms with van der Waals surface area (Å²) in [5.41, 5.74) is 1.02. The molecule has 1 aliphatic rings. The van der Waals surface area contributed by atoms with Gasteiger partial charge in [-0.05, 0) is 36.4 Å². The number of anilines is 2. The average molecular weight is 428 g/mol. The van der Waals surface area contributed by atoms with Crippen LogP contribution in [-0.4, -0.2) is 47.8 Å². The van der Waals surface area contributed by atoms with Gasteiger partial charge in [-0.15, -0.1) is 0 Å². The number of nitrogens with one attached hydrogen (secondary N) is 1. The molecule has 0 radical (unpaired) electrons. The maximum Gasteiger partial charge on any atom is 0.230 e. The Bertz CT molecular complexity index is 960. The lowest BCUT2D eigenvalue weighted by Gasteiger charge is -2.36. The summed E-state index contributed by atoms with van der Waals surface area (Å²) in [5, 5.41) is 3.58. The lowest BCUT2D eigenvalue weighted by Crippen LogP contribution is -2.46. The molecule has 3 heterocycles. The fourth-order valence-corrected chi connectivity index (χ4v) is 3.91. The van der Waals surface area contributed by atoms with Crippen molar-refractivity contribution in [1.82, 2.24) is 15.3 Å². The van der Waals surface area contributed by atoms with Gasteiger partial charge in [-0.3, -0.25) is 4.79 Å². The zero-order chi connectivity index (χ0) is 20.8. The van der Waals surface area contributed by atoms with Crippen LogP contribution in [-0.2, 0) is 11.3 Å². The molecule has 1 amide bonds. The third kappa shape index (κ3) is 5.29. The van der Waals surface area contributed by atoms with Crippen molar-refractivity contribution in [3.63, 3.8) is 0 Å². The fraction of sp³-hybridized carbons (Fsp3) is 0.286. The van der Waals surface area contributed by atoms with E-state index >= 15 is 0 Å². The molecule has 1 aliphatic heterocycles. The van der Waals surface area contributed by atoms with E-state index in [1.807, 2.05) is 12.1 Å². The molecule has 7 nitrogen and oxygen atoms in total. The summed E-state index contributed by atoms with van der Waals surface area (Å²) in [6, 6.07) is 12.1. The van der Waals surface area contributed by atoms with Crippen LogP contribution in [0.3, 0.4) is 0 Å². The second-order valence-corrected chi connectivity index (χ2v) is 7.81. The summed E-state index contributed by atoms with van der Waals surface area (Å²) in [6.45, 7) is 3.64. The van der Waals surface area contributed by atoms with Gasteiger partial charge in [-0.2, -0.15) is 0 Å². The number of piperazine rings is 1. The monoisotopic (exact) mass is 427 g/mol. The van der Waals surface area contributed by atoms with Crippen LogP contribution < -0.4 is 15.1 Å². The summed E-state index contributed by atoms with van der Waals surface area (Å²) < 4.78 is 18.3. The van der Waals surface area contributed by atoms with Gasteiger partial charge in [0.25, 0.3) is 0 Å². The normalized spacial score (nSPS) is 14.0. The molecule has 1 saturated heterocycles. The summed E-state index contributed by atoms with van der Waals surface area (Å²) in [6.07, 6.45) is 3.11. The quantitative estimate of drug-likeness (QED) is 0.459. The molecule has 1 N–H and O–H groups in total. The van der Waals surface area contributed by atoms with Crippen molar-refractivity contribution in [1.29, 1.82) is 0 Å². The van der Waals surface area contributed by atoms with Crippen LogP contribution in [0.25, 0.3) is 0 Å². The third-order valence-corrected chi connectivity index (χ3v) is 5.74. The highest BCUT2D eigenvalue weighted by Gasteiger charge is 2.19. The van der Waals surface area contributed by atoms with Crippen molar-refractivity contribution < 1.29 is 13.6 Å². The number of hydrogen-bond acceptors (Lipinski definition) is 7. The van der Waals surface area contributed by atoms with Crippen LogP contribution in [0.4, 0.5) is 15.9 Å². The number of aromatic nitrogens is 2. The Balaban J connectivity index is 1.27. The maximum absolute atomic E-state index is 13.1. The van der Waals surface area contributed by atoms with E-state index in [2.05, 4.69) is 25.1 Å². The molecule has 0 aliphatic carbocycles. The van der Waals surface area contributed by atoms with E-state index in [1.54, 1.807) is 24.5 Å². The van der Waals surface area contributed by atoms with Gasteiger partial charge in [0.05, 0.1) is 18.6 Å². The highest BCUT2D eigenvalue weighted by molar-refractivity contribution is 7.99. The van der Waals surface area contributed by atoms with Crippen molar-refractivity contribution in [2.24, 2.45) is 0 Å². The zero-order valence-electron chi connectivity index (χ0n) is 16.3. The summed E-state index contributed by atoms with van der Waals surface area (Å²) in [7, 11) is 0. The van der Waals surface area contributed by atoms with E-state index < -0.39 is 0 Å². The molecule has 0 bridgehead atoms. The van der Waals surface area contributed by atoms with Crippen LogP contribution in [0.5, 0.6) is 0 Å². The summed E-state index contributed by atoms with van der Waals surface area (Å²) >= 11 is 1.38. The first-order valence-electron chi connectivity index (χ1n) is 9.67. The van der Waals surface area contributed by atoms with E-state index in [-0.39, 0.29) is 17.5 Å². The second kappa shape index (κ2) is 9.62. The van der Waals surface area contributed by atoms with Crippen LogP contribution in [0.1, 0.15) is 5.76 Å². The molecular formula is C21H22FN5O2S. The van der Waals surface area contributed by atoms with E-state index in [1.165, 1.54) is 30.2 Å². The lowest BCUT2D eigenvalue weighted by atomic mass is 10.2. The number of furan rings is 1. The number of hydrogen-bond donors (Lipinski definition) is 1. The van der Waals surface area contributed by atoms with Crippen molar-refractivity contribution in [3.05, 3.63) is 66.6 Å².